The van der Waals surface area contributed by atoms with Gasteiger partial charge in [-0.1, -0.05) is 95.3 Å². The number of pyridine rings is 1. The van der Waals surface area contributed by atoms with Gasteiger partial charge in [-0.3, -0.25) is 0 Å². The highest BCUT2D eigenvalue weighted by Gasteiger charge is 2.55. The van der Waals surface area contributed by atoms with Crippen molar-refractivity contribution in [2.75, 3.05) is 11.9 Å². The standard InChI is InChI=1S/C29H36N2.C2H6.C2H2/c1-22-13-10-11-16-24(22)28(4,19-18-23-14-8-7-9-15-23)21-29(5)27(2,3)25-17-12-20-30-26(25)31(29)6;2*1-2/h7-17,20H,18-19,21H2,1-6H3;1-2H3;1-2H. The molecule has 0 radical (unpaired) electrons. The molecule has 0 saturated heterocycles. The number of aromatic nitrogens is 1. The van der Waals surface area contributed by atoms with Crippen LogP contribution in [0.1, 0.15) is 76.6 Å². The molecule has 3 aromatic rings. The molecule has 0 amide bonds. The third-order valence-electron chi connectivity index (χ3n) is 8.20. The second-order valence-electron chi connectivity index (χ2n) is 10.4. The molecule has 0 spiro atoms. The molecule has 2 heteroatoms. The lowest BCUT2D eigenvalue weighted by molar-refractivity contribution is 0.210. The van der Waals surface area contributed by atoms with Gasteiger partial charge in [-0.05, 0) is 61.3 Å². The maximum atomic E-state index is 4.77. The molecule has 0 bridgehead atoms. The van der Waals surface area contributed by atoms with Gasteiger partial charge in [0.1, 0.15) is 5.82 Å². The number of hydrogen-bond donors (Lipinski definition) is 0. The molecule has 2 atom stereocenters. The van der Waals surface area contributed by atoms with Crippen LogP contribution in [0.5, 0.6) is 0 Å². The summed E-state index contributed by atoms with van der Waals surface area (Å²) in [5.41, 5.74) is 5.63. The van der Waals surface area contributed by atoms with Gasteiger partial charge >= 0.3 is 0 Å². The lowest BCUT2D eigenvalue weighted by Gasteiger charge is -2.49. The Hall–Kier alpha value is -3.05. The Morgan fingerprint density at radius 1 is 0.886 bits per heavy atom. The van der Waals surface area contributed by atoms with Crippen LogP contribution in [0, 0.1) is 19.8 Å². The van der Waals surface area contributed by atoms with Crippen LogP contribution in [0.2, 0.25) is 0 Å². The van der Waals surface area contributed by atoms with Crippen molar-refractivity contribution in [1.82, 2.24) is 4.98 Å². The average Bonchev–Trinajstić information content (AvgIpc) is 3.03. The van der Waals surface area contributed by atoms with Crippen LogP contribution in [0.15, 0.2) is 72.9 Å². The first-order chi connectivity index (χ1) is 16.7. The maximum Gasteiger partial charge on any atom is 0.132 e. The van der Waals surface area contributed by atoms with E-state index in [0.29, 0.717) is 0 Å². The molecule has 1 aliphatic rings. The SMILES string of the molecule is C#C.CC.Cc1ccccc1C(C)(CCc1ccccc1)CC1(C)N(C)c2ncccc2C1(C)C. The quantitative estimate of drug-likeness (QED) is 0.339. The van der Waals surface area contributed by atoms with Crippen LogP contribution in [0.4, 0.5) is 5.82 Å². The molecule has 2 nitrogen and oxygen atoms in total. The average molecular weight is 469 g/mol. The number of rotatable bonds is 6. The van der Waals surface area contributed by atoms with E-state index in [1.165, 1.54) is 22.3 Å². The number of terminal acetylenes is 1. The zero-order valence-electron chi connectivity index (χ0n) is 23.1. The summed E-state index contributed by atoms with van der Waals surface area (Å²) in [6.45, 7) is 16.0. The summed E-state index contributed by atoms with van der Waals surface area (Å²) in [5, 5.41) is 0. The molecule has 1 aliphatic heterocycles. The minimum absolute atomic E-state index is 0.00202. The van der Waals surface area contributed by atoms with E-state index < -0.39 is 0 Å². The Kier molecular flexibility index (Phi) is 9.33. The van der Waals surface area contributed by atoms with Gasteiger partial charge < -0.3 is 4.90 Å². The van der Waals surface area contributed by atoms with E-state index in [1.54, 1.807) is 0 Å². The molecule has 2 unspecified atom stereocenters. The first kappa shape index (κ1) is 28.2. The Balaban J connectivity index is 0.00000103. The number of hydrogen-bond acceptors (Lipinski definition) is 2. The summed E-state index contributed by atoms with van der Waals surface area (Å²) in [5.74, 6) is 1.13. The number of anilines is 1. The maximum absolute atomic E-state index is 4.77. The minimum atomic E-state index is -0.0442. The zero-order valence-corrected chi connectivity index (χ0v) is 23.1. The van der Waals surface area contributed by atoms with Crippen molar-refractivity contribution in [3.8, 4) is 12.8 Å². The summed E-state index contributed by atoms with van der Waals surface area (Å²) < 4.78 is 0. The largest absolute Gasteiger partial charge is 0.353 e. The first-order valence-corrected chi connectivity index (χ1v) is 12.8. The van der Waals surface area contributed by atoms with Gasteiger partial charge in [0.25, 0.3) is 0 Å². The lowest BCUT2D eigenvalue weighted by Crippen LogP contribution is -2.55. The van der Waals surface area contributed by atoms with Crippen molar-refractivity contribution >= 4 is 5.82 Å². The van der Waals surface area contributed by atoms with E-state index in [-0.39, 0.29) is 16.4 Å². The summed E-state index contributed by atoms with van der Waals surface area (Å²) in [6, 6.07) is 24.2. The summed E-state index contributed by atoms with van der Waals surface area (Å²) in [7, 11) is 2.23. The predicted molar refractivity (Wildman–Crippen MR) is 153 cm³/mol. The molecule has 4 rings (SSSR count). The summed E-state index contributed by atoms with van der Waals surface area (Å²) in [4.78, 5) is 7.22. The van der Waals surface area contributed by atoms with Crippen LogP contribution in [-0.4, -0.2) is 17.6 Å². The van der Waals surface area contributed by atoms with Gasteiger partial charge in [-0.2, -0.15) is 0 Å². The molecular formula is C33H44N2. The minimum Gasteiger partial charge on any atom is -0.353 e. The highest BCUT2D eigenvalue weighted by atomic mass is 15.3. The van der Waals surface area contributed by atoms with Crippen molar-refractivity contribution in [1.29, 1.82) is 0 Å². The molecule has 0 saturated carbocycles. The van der Waals surface area contributed by atoms with Gasteiger partial charge in [-0.25, -0.2) is 4.98 Å². The van der Waals surface area contributed by atoms with Crippen molar-refractivity contribution in [3.63, 3.8) is 0 Å². The van der Waals surface area contributed by atoms with Crippen molar-refractivity contribution < 1.29 is 0 Å². The fourth-order valence-corrected chi connectivity index (χ4v) is 5.83. The molecule has 0 aliphatic carbocycles. The van der Waals surface area contributed by atoms with Crippen LogP contribution >= 0.6 is 0 Å². The number of likely N-dealkylation sites (N-methyl/N-ethyl adjacent to an activating group) is 1. The van der Waals surface area contributed by atoms with Gasteiger partial charge in [-0.15, -0.1) is 12.8 Å². The summed E-state index contributed by atoms with van der Waals surface area (Å²) >= 11 is 0. The Labute approximate surface area is 214 Å². The molecule has 35 heavy (non-hydrogen) atoms. The zero-order chi connectivity index (χ0) is 26.3. The smallest absolute Gasteiger partial charge is 0.132 e. The van der Waals surface area contributed by atoms with Crippen molar-refractivity contribution in [2.24, 2.45) is 0 Å². The Morgan fingerprint density at radius 2 is 1.49 bits per heavy atom. The summed E-state index contributed by atoms with van der Waals surface area (Å²) in [6.07, 6.45) is 13.2. The van der Waals surface area contributed by atoms with Crippen LogP contribution in [0.3, 0.4) is 0 Å². The predicted octanol–water partition coefficient (Wildman–Crippen LogP) is 8.13. The highest BCUT2D eigenvalue weighted by Crippen LogP contribution is 2.55. The van der Waals surface area contributed by atoms with E-state index >= 15 is 0 Å². The molecule has 1 aromatic heterocycles. The Morgan fingerprint density at radius 3 is 2.09 bits per heavy atom. The number of benzene rings is 2. The third kappa shape index (κ3) is 5.30. The fourth-order valence-electron chi connectivity index (χ4n) is 5.83. The van der Waals surface area contributed by atoms with Gasteiger partial charge in [0.05, 0.1) is 0 Å². The van der Waals surface area contributed by atoms with Crippen LogP contribution < -0.4 is 4.90 Å². The van der Waals surface area contributed by atoms with Crippen molar-refractivity contribution in [3.05, 3.63) is 95.2 Å². The first-order valence-electron chi connectivity index (χ1n) is 12.8. The van der Waals surface area contributed by atoms with E-state index in [0.717, 1.165) is 25.1 Å². The molecule has 0 N–H and O–H groups in total. The highest BCUT2D eigenvalue weighted by molar-refractivity contribution is 5.61. The van der Waals surface area contributed by atoms with Gasteiger partial charge in [0.2, 0.25) is 0 Å². The normalized spacial score (nSPS) is 19.3. The molecular weight excluding hydrogens is 424 g/mol. The number of aryl methyl sites for hydroxylation is 2. The topological polar surface area (TPSA) is 16.1 Å². The monoisotopic (exact) mass is 468 g/mol. The van der Waals surface area contributed by atoms with Gasteiger partial charge in [0, 0.05) is 29.8 Å². The van der Waals surface area contributed by atoms with Crippen molar-refractivity contribution in [2.45, 2.75) is 84.1 Å². The second kappa shape index (κ2) is 11.6. The van der Waals surface area contributed by atoms with Crippen LogP contribution in [-0.2, 0) is 17.3 Å². The molecule has 0 fully saturated rings. The lowest BCUT2D eigenvalue weighted by atomic mass is 9.61. The van der Waals surface area contributed by atoms with Gasteiger partial charge in [0.15, 0.2) is 0 Å². The number of fused-ring (bicyclic) bond motifs is 1. The third-order valence-corrected chi connectivity index (χ3v) is 8.20. The van der Waals surface area contributed by atoms with Crippen LogP contribution in [0.25, 0.3) is 0 Å². The second-order valence-corrected chi connectivity index (χ2v) is 10.4. The molecule has 2 aromatic carbocycles. The Bertz CT molecular complexity index is 1100. The molecule has 2 heterocycles. The molecule has 186 valence electrons. The number of nitrogens with zero attached hydrogens (tertiary/aromatic N) is 2. The van der Waals surface area contributed by atoms with E-state index in [1.807, 2.05) is 20.0 Å². The van der Waals surface area contributed by atoms with E-state index in [4.69, 9.17) is 4.98 Å². The van der Waals surface area contributed by atoms with E-state index in [9.17, 15) is 0 Å². The van der Waals surface area contributed by atoms with E-state index in [2.05, 4.69) is 126 Å². The fraction of sp³-hybridized carbons (Fsp3) is 0.424.